The van der Waals surface area contributed by atoms with Gasteiger partial charge in [0.25, 0.3) is 5.22 Å². The van der Waals surface area contributed by atoms with Gasteiger partial charge in [-0.25, -0.2) is 9.78 Å². The molecule has 0 aliphatic heterocycles. The van der Waals surface area contributed by atoms with Gasteiger partial charge in [-0.1, -0.05) is 47.1 Å². The zero-order chi connectivity index (χ0) is 19.6. The zero-order valence-electron chi connectivity index (χ0n) is 14.3. The van der Waals surface area contributed by atoms with Gasteiger partial charge in [-0.3, -0.25) is 4.79 Å². The Morgan fingerprint density at radius 1 is 1.30 bits per heavy atom. The maximum Gasteiger partial charge on any atom is 0.339 e. The highest BCUT2D eigenvalue weighted by molar-refractivity contribution is 7.99. The standard InChI is InChI=1S/C18H14Cl2N2O4S/c1-9-11(19)7-13-16(15(9)20)26-18(22-13)27-8-14(23)21-12-6-4-3-5-10(12)17(24)25-2/h3-7H,8H2,1-2H3,(H,21,23). The van der Waals surface area contributed by atoms with Crippen molar-refractivity contribution in [2.45, 2.75) is 12.1 Å². The van der Waals surface area contributed by atoms with Crippen molar-refractivity contribution in [3.8, 4) is 0 Å². The number of carbonyl (C=O) groups is 2. The number of nitrogens with zero attached hydrogens (tertiary/aromatic N) is 1. The summed E-state index contributed by atoms with van der Waals surface area (Å²) in [6, 6.07) is 8.26. The SMILES string of the molecule is COC(=O)c1ccccc1NC(=O)CSc1nc2cc(Cl)c(C)c(Cl)c2o1. The highest BCUT2D eigenvalue weighted by Crippen LogP contribution is 2.35. The summed E-state index contributed by atoms with van der Waals surface area (Å²) in [5.41, 5.74) is 2.30. The number of hydrogen-bond donors (Lipinski definition) is 1. The van der Waals surface area contributed by atoms with Gasteiger partial charge in [-0.2, -0.15) is 0 Å². The molecule has 0 aliphatic carbocycles. The molecule has 27 heavy (non-hydrogen) atoms. The van der Waals surface area contributed by atoms with Crippen LogP contribution >= 0.6 is 35.0 Å². The molecular formula is C18H14Cl2N2O4S. The third-order valence-corrected chi connectivity index (χ3v) is 5.39. The monoisotopic (exact) mass is 424 g/mol. The van der Waals surface area contributed by atoms with Crippen LogP contribution in [-0.2, 0) is 9.53 Å². The Hall–Kier alpha value is -2.22. The van der Waals surface area contributed by atoms with Gasteiger partial charge in [-0.15, -0.1) is 0 Å². The predicted octanol–water partition coefficient (Wildman–Crippen LogP) is 4.96. The molecule has 9 heteroatoms. The number of benzene rings is 2. The lowest BCUT2D eigenvalue weighted by molar-refractivity contribution is -0.113. The number of ether oxygens (including phenoxy) is 1. The van der Waals surface area contributed by atoms with Crippen LogP contribution in [0.4, 0.5) is 5.69 Å². The topological polar surface area (TPSA) is 81.4 Å². The van der Waals surface area contributed by atoms with Gasteiger partial charge in [0.15, 0.2) is 5.58 Å². The molecule has 1 amide bonds. The van der Waals surface area contributed by atoms with Gasteiger partial charge in [0, 0.05) is 5.02 Å². The van der Waals surface area contributed by atoms with Crippen LogP contribution in [0.5, 0.6) is 0 Å². The van der Waals surface area contributed by atoms with Gasteiger partial charge >= 0.3 is 5.97 Å². The summed E-state index contributed by atoms with van der Waals surface area (Å²) in [6.07, 6.45) is 0. The molecule has 1 N–H and O–H groups in total. The molecule has 0 fully saturated rings. The second kappa shape index (κ2) is 8.21. The highest BCUT2D eigenvalue weighted by atomic mass is 35.5. The first-order valence-electron chi connectivity index (χ1n) is 7.76. The van der Waals surface area contributed by atoms with Crippen molar-refractivity contribution in [2.24, 2.45) is 0 Å². The van der Waals surface area contributed by atoms with E-state index in [-0.39, 0.29) is 17.2 Å². The smallest absolute Gasteiger partial charge is 0.339 e. The number of thioether (sulfide) groups is 1. The molecule has 3 aromatic rings. The number of anilines is 1. The summed E-state index contributed by atoms with van der Waals surface area (Å²) in [5, 5.41) is 3.87. The van der Waals surface area contributed by atoms with E-state index >= 15 is 0 Å². The van der Waals surface area contributed by atoms with Crippen LogP contribution in [0.15, 0.2) is 40.0 Å². The molecule has 0 saturated heterocycles. The van der Waals surface area contributed by atoms with E-state index in [1.807, 2.05) is 0 Å². The number of oxazole rings is 1. The minimum atomic E-state index is -0.528. The van der Waals surface area contributed by atoms with E-state index in [1.165, 1.54) is 7.11 Å². The third kappa shape index (κ3) is 4.21. The summed E-state index contributed by atoms with van der Waals surface area (Å²) >= 11 is 13.4. The number of methoxy groups -OCH3 is 1. The lowest BCUT2D eigenvalue weighted by atomic mass is 10.2. The lowest BCUT2D eigenvalue weighted by Gasteiger charge is -2.08. The number of amides is 1. The molecule has 0 bridgehead atoms. The molecule has 1 aromatic heterocycles. The Morgan fingerprint density at radius 3 is 2.78 bits per heavy atom. The van der Waals surface area contributed by atoms with Crippen molar-refractivity contribution < 1.29 is 18.7 Å². The van der Waals surface area contributed by atoms with Gasteiger partial charge < -0.3 is 14.5 Å². The molecule has 1 heterocycles. The molecule has 3 rings (SSSR count). The molecular weight excluding hydrogens is 411 g/mol. The average molecular weight is 425 g/mol. The average Bonchev–Trinajstić information content (AvgIpc) is 3.07. The molecule has 6 nitrogen and oxygen atoms in total. The zero-order valence-corrected chi connectivity index (χ0v) is 16.7. The molecule has 0 radical (unpaired) electrons. The van der Waals surface area contributed by atoms with E-state index in [0.29, 0.717) is 37.6 Å². The van der Waals surface area contributed by atoms with Crippen LogP contribution in [0.2, 0.25) is 10.0 Å². The molecule has 0 unspecified atom stereocenters. The van der Waals surface area contributed by atoms with Gasteiger partial charge in [0.2, 0.25) is 5.91 Å². The van der Waals surface area contributed by atoms with Crippen molar-refractivity contribution in [3.63, 3.8) is 0 Å². The molecule has 0 atom stereocenters. The Balaban J connectivity index is 1.71. The quantitative estimate of drug-likeness (QED) is 0.460. The van der Waals surface area contributed by atoms with Crippen LogP contribution in [0, 0.1) is 6.92 Å². The number of esters is 1. The number of rotatable bonds is 5. The summed E-state index contributed by atoms with van der Waals surface area (Å²) in [5.74, 6) is -0.814. The number of para-hydroxylation sites is 1. The second-order valence-corrected chi connectivity index (χ2v) is 7.21. The van der Waals surface area contributed by atoms with E-state index < -0.39 is 5.97 Å². The molecule has 0 saturated carbocycles. The fourth-order valence-electron chi connectivity index (χ4n) is 2.33. The van der Waals surface area contributed by atoms with Crippen LogP contribution in [0.25, 0.3) is 11.1 Å². The fourth-order valence-corrected chi connectivity index (χ4v) is 3.44. The summed E-state index contributed by atoms with van der Waals surface area (Å²) in [7, 11) is 1.28. The first-order valence-corrected chi connectivity index (χ1v) is 9.50. The molecule has 2 aromatic carbocycles. The van der Waals surface area contributed by atoms with E-state index in [9.17, 15) is 9.59 Å². The summed E-state index contributed by atoms with van der Waals surface area (Å²) < 4.78 is 10.3. The van der Waals surface area contributed by atoms with E-state index in [1.54, 1.807) is 37.3 Å². The number of nitrogens with one attached hydrogen (secondary N) is 1. The Kier molecular flexibility index (Phi) is 5.94. The fraction of sp³-hybridized carbons (Fsp3) is 0.167. The first kappa shape index (κ1) is 19.5. The Morgan fingerprint density at radius 2 is 2.04 bits per heavy atom. The molecule has 0 spiro atoms. The van der Waals surface area contributed by atoms with Crippen molar-refractivity contribution >= 4 is 63.6 Å². The van der Waals surface area contributed by atoms with Gasteiger partial charge in [0.05, 0.1) is 29.1 Å². The summed E-state index contributed by atoms with van der Waals surface area (Å²) in [4.78, 5) is 28.3. The van der Waals surface area contributed by atoms with Crippen molar-refractivity contribution in [1.29, 1.82) is 0 Å². The summed E-state index contributed by atoms with van der Waals surface area (Å²) in [6.45, 7) is 1.78. The van der Waals surface area contributed by atoms with Crippen LogP contribution in [-0.4, -0.2) is 29.7 Å². The van der Waals surface area contributed by atoms with Crippen molar-refractivity contribution in [1.82, 2.24) is 4.98 Å². The maximum atomic E-state index is 12.2. The second-order valence-electron chi connectivity index (χ2n) is 5.50. The number of carbonyl (C=O) groups excluding carboxylic acids is 2. The first-order chi connectivity index (χ1) is 12.9. The number of halogens is 2. The van der Waals surface area contributed by atoms with E-state index in [0.717, 1.165) is 11.8 Å². The third-order valence-electron chi connectivity index (χ3n) is 3.72. The Bertz CT molecular complexity index is 1040. The number of fused-ring (bicyclic) bond motifs is 1. The van der Waals surface area contributed by atoms with Gasteiger partial charge in [-0.05, 0) is 30.7 Å². The van der Waals surface area contributed by atoms with Crippen LogP contribution < -0.4 is 5.32 Å². The molecule has 140 valence electrons. The Labute approximate surface area is 169 Å². The highest BCUT2D eigenvalue weighted by Gasteiger charge is 2.17. The normalized spacial score (nSPS) is 10.8. The van der Waals surface area contributed by atoms with E-state index in [4.69, 9.17) is 32.4 Å². The van der Waals surface area contributed by atoms with Crippen LogP contribution in [0.3, 0.4) is 0 Å². The number of aromatic nitrogens is 1. The van der Waals surface area contributed by atoms with Gasteiger partial charge in [0.1, 0.15) is 5.52 Å². The minimum absolute atomic E-state index is 0.0344. The predicted molar refractivity (Wildman–Crippen MR) is 106 cm³/mol. The maximum absolute atomic E-state index is 12.2. The molecule has 0 aliphatic rings. The lowest BCUT2D eigenvalue weighted by Crippen LogP contribution is -2.17. The minimum Gasteiger partial charge on any atom is -0.465 e. The van der Waals surface area contributed by atoms with Crippen molar-refractivity contribution in [2.75, 3.05) is 18.2 Å². The largest absolute Gasteiger partial charge is 0.465 e. The van der Waals surface area contributed by atoms with Crippen LogP contribution in [0.1, 0.15) is 15.9 Å². The van der Waals surface area contributed by atoms with Crippen molar-refractivity contribution in [3.05, 3.63) is 51.5 Å². The number of hydrogen-bond acceptors (Lipinski definition) is 6. The van der Waals surface area contributed by atoms with E-state index in [2.05, 4.69) is 10.3 Å².